The van der Waals surface area contributed by atoms with Crippen molar-refractivity contribution < 1.29 is 0 Å². The summed E-state index contributed by atoms with van der Waals surface area (Å²) in [6, 6.07) is 46.7. The van der Waals surface area contributed by atoms with Crippen molar-refractivity contribution in [1.82, 2.24) is 8.97 Å². The molecule has 0 N–H and O–H groups in total. The van der Waals surface area contributed by atoms with Crippen LogP contribution in [0.15, 0.2) is 134 Å². The fourth-order valence-electron chi connectivity index (χ4n) is 7.24. The summed E-state index contributed by atoms with van der Waals surface area (Å²) in [5.74, 6) is 0. The Hall–Kier alpha value is -5.12. The third-order valence-electron chi connectivity index (χ3n) is 8.86. The van der Waals surface area contributed by atoms with Gasteiger partial charge < -0.3 is 8.97 Å². The Morgan fingerprint density at radius 3 is 2.02 bits per heavy atom. The molecule has 3 heteroatoms. The van der Waals surface area contributed by atoms with Crippen LogP contribution in [0.3, 0.4) is 0 Å². The molecule has 0 bridgehead atoms. The summed E-state index contributed by atoms with van der Waals surface area (Å²) in [6.45, 7) is 0. The van der Waals surface area contributed by atoms with Crippen LogP contribution in [0.1, 0.15) is 0 Å². The topological polar surface area (TPSA) is 9.34 Å². The second-order valence-electron chi connectivity index (χ2n) is 10.9. The molecule has 0 atom stereocenters. The zero-order valence-corrected chi connectivity index (χ0v) is 22.8. The molecule has 0 spiro atoms. The summed E-state index contributed by atoms with van der Waals surface area (Å²) in [5.41, 5.74) is 6.23. The van der Waals surface area contributed by atoms with E-state index >= 15 is 0 Å². The van der Waals surface area contributed by atoms with Gasteiger partial charge in [0.05, 0.1) is 22.1 Å². The molecule has 190 valence electrons. The van der Waals surface area contributed by atoms with Crippen molar-refractivity contribution in [3.8, 4) is 5.69 Å². The molecule has 0 unspecified atom stereocenters. The number of nitrogens with zero attached hydrogens (tertiary/aromatic N) is 2. The van der Waals surface area contributed by atoms with E-state index in [4.69, 9.17) is 0 Å². The number of pyridine rings is 1. The van der Waals surface area contributed by atoms with E-state index in [1.807, 2.05) is 11.3 Å². The van der Waals surface area contributed by atoms with Gasteiger partial charge in [-0.25, -0.2) is 0 Å². The monoisotopic (exact) mass is 538 g/mol. The number of fused-ring (bicyclic) bond motifs is 16. The molecule has 0 aliphatic rings. The molecule has 0 aliphatic carbocycles. The standard InChI is InChI=1S/C38H22N2S/c1-2-11-24(12-3-1)40-30-16-8-6-14-28(30)34-31(40)20-18-26-27-19-21-33-35(29-15-7-9-17-32(29)41-33)38(27)39-22-23-10-4-5-13-25(23)37(39)36(26)34/h1-22H. The van der Waals surface area contributed by atoms with E-state index < -0.39 is 0 Å². The third kappa shape index (κ3) is 2.71. The number of benzene rings is 6. The van der Waals surface area contributed by atoms with Crippen molar-refractivity contribution in [1.29, 1.82) is 0 Å². The van der Waals surface area contributed by atoms with Crippen LogP contribution in [0, 0.1) is 0 Å². The van der Waals surface area contributed by atoms with Crippen molar-refractivity contribution >= 4 is 91.3 Å². The largest absolute Gasteiger partial charge is 0.314 e. The minimum Gasteiger partial charge on any atom is -0.314 e. The van der Waals surface area contributed by atoms with Crippen molar-refractivity contribution in [3.05, 3.63) is 134 Å². The minimum absolute atomic E-state index is 1.18. The molecular weight excluding hydrogens is 516 g/mol. The number of thiophene rings is 1. The lowest BCUT2D eigenvalue weighted by atomic mass is 9.97. The van der Waals surface area contributed by atoms with Gasteiger partial charge in [0.2, 0.25) is 0 Å². The van der Waals surface area contributed by atoms with Crippen LogP contribution in [-0.4, -0.2) is 8.97 Å². The third-order valence-corrected chi connectivity index (χ3v) is 10.00. The van der Waals surface area contributed by atoms with Crippen LogP contribution in [0.5, 0.6) is 0 Å². The Labute approximate surface area is 238 Å². The van der Waals surface area contributed by atoms with Gasteiger partial charge in [-0.3, -0.25) is 0 Å². The lowest BCUT2D eigenvalue weighted by Crippen LogP contribution is -1.94. The number of para-hydroxylation sites is 2. The molecule has 2 nitrogen and oxygen atoms in total. The second kappa shape index (κ2) is 7.75. The van der Waals surface area contributed by atoms with Gasteiger partial charge in [-0.05, 0) is 41.8 Å². The summed E-state index contributed by atoms with van der Waals surface area (Å²) in [6.07, 6.45) is 2.35. The molecule has 10 rings (SSSR count). The highest BCUT2D eigenvalue weighted by Gasteiger charge is 2.22. The molecule has 41 heavy (non-hydrogen) atoms. The van der Waals surface area contributed by atoms with Crippen LogP contribution < -0.4 is 0 Å². The van der Waals surface area contributed by atoms with Gasteiger partial charge in [-0.2, -0.15) is 0 Å². The predicted molar refractivity (Wildman–Crippen MR) is 177 cm³/mol. The number of hydrogen-bond acceptors (Lipinski definition) is 1. The zero-order valence-electron chi connectivity index (χ0n) is 22.0. The van der Waals surface area contributed by atoms with Crippen LogP contribution >= 0.6 is 11.3 Å². The summed E-state index contributed by atoms with van der Waals surface area (Å²) in [5, 5.41) is 11.8. The van der Waals surface area contributed by atoms with Gasteiger partial charge in [0.15, 0.2) is 0 Å². The SMILES string of the molecule is c1ccc(-n2c3ccccc3c3c4c(ccc32)c2ccc3sc5ccccc5c3c2n2cc3ccccc3c42)cc1. The van der Waals surface area contributed by atoms with E-state index in [9.17, 15) is 0 Å². The van der Waals surface area contributed by atoms with Gasteiger partial charge >= 0.3 is 0 Å². The average Bonchev–Trinajstić information content (AvgIpc) is 3.71. The highest BCUT2D eigenvalue weighted by atomic mass is 32.1. The molecule has 6 aromatic carbocycles. The van der Waals surface area contributed by atoms with Gasteiger partial charge in [-0.1, -0.05) is 91.0 Å². The highest BCUT2D eigenvalue weighted by molar-refractivity contribution is 7.26. The van der Waals surface area contributed by atoms with E-state index in [0.29, 0.717) is 0 Å². The molecular formula is C38H22N2S. The summed E-state index contributed by atoms with van der Waals surface area (Å²) >= 11 is 1.89. The lowest BCUT2D eigenvalue weighted by molar-refractivity contribution is 1.18. The van der Waals surface area contributed by atoms with Crippen molar-refractivity contribution in [3.63, 3.8) is 0 Å². The first-order valence-electron chi connectivity index (χ1n) is 14.0. The van der Waals surface area contributed by atoms with E-state index in [1.165, 1.54) is 85.6 Å². The first-order chi connectivity index (χ1) is 20.4. The highest BCUT2D eigenvalue weighted by Crippen LogP contribution is 2.46. The van der Waals surface area contributed by atoms with Gasteiger partial charge in [0.25, 0.3) is 0 Å². The fraction of sp³-hybridized carbons (Fsp3) is 0. The first kappa shape index (κ1) is 21.7. The van der Waals surface area contributed by atoms with Crippen LogP contribution in [-0.2, 0) is 0 Å². The zero-order chi connectivity index (χ0) is 26.7. The smallest absolute Gasteiger partial charge is 0.0628 e. The predicted octanol–water partition coefficient (Wildman–Crippen LogP) is 10.9. The Bertz CT molecular complexity index is 2690. The lowest BCUT2D eigenvalue weighted by Gasteiger charge is -2.13. The first-order valence-corrected chi connectivity index (χ1v) is 14.9. The van der Waals surface area contributed by atoms with E-state index in [-0.39, 0.29) is 0 Å². The van der Waals surface area contributed by atoms with Crippen LogP contribution in [0.2, 0.25) is 0 Å². The molecule has 0 radical (unpaired) electrons. The molecule has 0 aliphatic heterocycles. The van der Waals surface area contributed by atoms with E-state index in [2.05, 4.69) is 143 Å². The average molecular weight is 539 g/mol. The van der Waals surface area contributed by atoms with Crippen molar-refractivity contribution in [2.75, 3.05) is 0 Å². The maximum absolute atomic E-state index is 2.50. The Balaban J connectivity index is 1.55. The number of hydrogen-bond donors (Lipinski definition) is 0. The van der Waals surface area contributed by atoms with Crippen LogP contribution in [0.25, 0.3) is 85.6 Å². The summed E-state index contributed by atoms with van der Waals surface area (Å²) < 4.78 is 7.59. The molecule has 0 saturated heterocycles. The summed E-state index contributed by atoms with van der Waals surface area (Å²) in [4.78, 5) is 0. The van der Waals surface area contributed by atoms with Gasteiger partial charge in [-0.15, -0.1) is 11.3 Å². The Morgan fingerprint density at radius 1 is 0.415 bits per heavy atom. The number of aromatic nitrogens is 2. The van der Waals surface area contributed by atoms with Gasteiger partial charge in [0, 0.05) is 64.4 Å². The molecule has 0 fully saturated rings. The molecule has 4 heterocycles. The van der Waals surface area contributed by atoms with E-state index in [0.717, 1.165) is 0 Å². The molecule has 4 aromatic heterocycles. The maximum atomic E-state index is 2.50. The maximum Gasteiger partial charge on any atom is 0.0628 e. The Morgan fingerprint density at radius 2 is 1.12 bits per heavy atom. The minimum atomic E-state index is 1.18. The Kier molecular flexibility index (Phi) is 4.10. The van der Waals surface area contributed by atoms with Gasteiger partial charge in [0.1, 0.15) is 0 Å². The normalized spacial score (nSPS) is 12.4. The fourth-order valence-corrected chi connectivity index (χ4v) is 8.35. The quantitative estimate of drug-likeness (QED) is 0.184. The molecule has 0 amide bonds. The van der Waals surface area contributed by atoms with Crippen LogP contribution in [0.4, 0.5) is 0 Å². The molecule has 0 saturated carbocycles. The number of rotatable bonds is 1. The summed E-state index contributed by atoms with van der Waals surface area (Å²) in [7, 11) is 0. The van der Waals surface area contributed by atoms with E-state index in [1.54, 1.807) is 0 Å². The molecule has 10 aromatic rings. The second-order valence-corrected chi connectivity index (χ2v) is 12.0. The van der Waals surface area contributed by atoms with Crippen molar-refractivity contribution in [2.45, 2.75) is 0 Å². The van der Waals surface area contributed by atoms with Crippen molar-refractivity contribution in [2.24, 2.45) is 0 Å².